The van der Waals surface area contributed by atoms with Crippen LogP contribution in [0.3, 0.4) is 0 Å². The van der Waals surface area contributed by atoms with Gasteiger partial charge in [-0.05, 0) is 54.1 Å². The Morgan fingerprint density at radius 3 is 2.06 bits per heavy atom. The van der Waals surface area contributed by atoms with Gasteiger partial charge in [0.2, 0.25) is 10.0 Å². The lowest BCUT2D eigenvalue weighted by Gasteiger charge is -2.21. The van der Waals surface area contributed by atoms with Gasteiger partial charge >= 0.3 is 0 Å². The Bertz CT molecular complexity index is 1110. The maximum absolute atomic E-state index is 13.0. The molecule has 31 heavy (non-hydrogen) atoms. The van der Waals surface area contributed by atoms with E-state index in [1.165, 1.54) is 23.5 Å². The molecule has 0 fully saturated rings. The fourth-order valence-electron chi connectivity index (χ4n) is 3.18. The summed E-state index contributed by atoms with van der Waals surface area (Å²) >= 11 is 0. The zero-order chi connectivity index (χ0) is 22.4. The number of carbonyl (C=O) groups is 1. The minimum absolute atomic E-state index is 0.129. The van der Waals surface area contributed by atoms with E-state index in [2.05, 4.69) is 0 Å². The van der Waals surface area contributed by atoms with Crippen molar-refractivity contribution in [3.63, 3.8) is 0 Å². The molecule has 0 aliphatic rings. The monoisotopic (exact) mass is 438 g/mol. The molecular weight excluding hydrogens is 412 g/mol. The van der Waals surface area contributed by atoms with Gasteiger partial charge in [0, 0.05) is 31.4 Å². The van der Waals surface area contributed by atoms with Gasteiger partial charge in [0.1, 0.15) is 5.75 Å². The van der Waals surface area contributed by atoms with Crippen LogP contribution in [0.5, 0.6) is 5.75 Å². The number of amides is 1. The Morgan fingerprint density at radius 2 is 1.52 bits per heavy atom. The average Bonchev–Trinajstić information content (AvgIpc) is 2.82. The summed E-state index contributed by atoms with van der Waals surface area (Å²) in [5.74, 6) is 0.471. The smallest absolute Gasteiger partial charge is 0.258 e. The molecule has 3 aromatic carbocycles. The summed E-state index contributed by atoms with van der Waals surface area (Å²) in [5.41, 5.74) is 2.15. The highest BCUT2D eigenvalue weighted by molar-refractivity contribution is 7.89. The molecular formula is C24H26N2O4S. The van der Waals surface area contributed by atoms with Crippen LogP contribution >= 0.6 is 0 Å². The second-order valence-corrected chi connectivity index (χ2v) is 8.94. The molecule has 0 heterocycles. The highest BCUT2D eigenvalue weighted by Gasteiger charge is 2.23. The molecule has 0 spiro atoms. The summed E-state index contributed by atoms with van der Waals surface area (Å²) in [6, 6.07) is 22.8. The van der Waals surface area contributed by atoms with Crippen LogP contribution < -0.4 is 9.64 Å². The Balaban J connectivity index is 1.74. The number of sulfonamides is 1. The first-order valence-electron chi connectivity index (χ1n) is 9.93. The minimum Gasteiger partial charge on any atom is -0.497 e. The van der Waals surface area contributed by atoms with E-state index in [0.717, 1.165) is 11.3 Å². The molecule has 0 atom stereocenters. The maximum Gasteiger partial charge on any atom is 0.258 e. The fraction of sp³-hybridized carbons (Fsp3) is 0.208. The van der Waals surface area contributed by atoms with Crippen LogP contribution in [-0.2, 0) is 16.6 Å². The number of anilines is 1. The topological polar surface area (TPSA) is 66.9 Å². The predicted molar refractivity (Wildman–Crippen MR) is 122 cm³/mol. The van der Waals surface area contributed by atoms with Crippen molar-refractivity contribution >= 4 is 21.6 Å². The summed E-state index contributed by atoms with van der Waals surface area (Å²) < 4.78 is 32.5. The second kappa shape index (κ2) is 9.76. The van der Waals surface area contributed by atoms with Crippen molar-refractivity contribution in [1.82, 2.24) is 4.31 Å². The Labute approximate surface area is 183 Å². The maximum atomic E-state index is 13.0. The molecule has 1 amide bonds. The van der Waals surface area contributed by atoms with E-state index >= 15 is 0 Å². The van der Waals surface area contributed by atoms with Gasteiger partial charge in [0.05, 0.1) is 12.0 Å². The Kier molecular flexibility index (Phi) is 7.09. The van der Waals surface area contributed by atoms with Crippen molar-refractivity contribution in [2.45, 2.75) is 18.4 Å². The van der Waals surface area contributed by atoms with Crippen LogP contribution in [0.15, 0.2) is 83.8 Å². The molecule has 0 radical (unpaired) electrons. The molecule has 7 heteroatoms. The molecule has 0 aromatic heterocycles. The molecule has 0 saturated carbocycles. The first kappa shape index (κ1) is 22.5. The lowest BCUT2D eigenvalue weighted by Crippen LogP contribution is -2.30. The van der Waals surface area contributed by atoms with Crippen LogP contribution in [0.4, 0.5) is 5.69 Å². The number of methoxy groups -OCH3 is 1. The largest absolute Gasteiger partial charge is 0.497 e. The fourth-order valence-corrected chi connectivity index (χ4v) is 4.62. The van der Waals surface area contributed by atoms with Crippen LogP contribution in [0.2, 0.25) is 0 Å². The highest BCUT2D eigenvalue weighted by atomic mass is 32.2. The molecule has 0 aliphatic carbocycles. The highest BCUT2D eigenvalue weighted by Crippen LogP contribution is 2.22. The van der Waals surface area contributed by atoms with Crippen LogP contribution in [0, 0.1) is 0 Å². The van der Waals surface area contributed by atoms with Gasteiger partial charge in [-0.1, -0.05) is 37.3 Å². The van der Waals surface area contributed by atoms with E-state index in [9.17, 15) is 13.2 Å². The lowest BCUT2D eigenvalue weighted by molar-refractivity contribution is 0.0993. The number of hydrogen-bond acceptors (Lipinski definition) is 4. The number of benzene rings is 3. The van der Waals surface area contributed by atoms with Crippen molar-refractivity contribution in [1.29, 1.82) is 0 Å². The minimum atomic E-state index is -3.65. The van der Waals surface area contributed by atoms with Gasteiger partial charge in [-0.15, -0.1) is 0 Å². The zero-order valence-electron chi connectivity index (χ0n) is 17.9. The summed E-state index contributed by atoms with van der Waals surface area (Å²) in [5, 5.41) is 0. The number of carbonyl (C=O) groups excluding carboxylic acids is 1. The normalized spacial score (nSPS) is 11.4. The third-order valence-corrected chi connectivity index (χ3v) is 6.99. The first-order chi connectivity index (χ1) is 14.9. The van der Waals surface area contributed by atoms with E-state index in [-0.39, 0.29) is 17.3 Å². The number of ether oxygens (including phenoxy) is 1. The van der Waals surface area contributed by atoms with Crippen molar-refractivity contribution in [3.8, 4) is 5.75 Å². The molecule has 0 N–H and O–H groups in total. The van der Waals surface area contributed by atoms with Crippen LogP contribution in [-0.4, -0.2) is 39.3 Å². The summed E-state index contributed by atoms with van der Waals surface area (Å²) in [4.78, 5) is 14.5. The molecule has 0 bridgehead atoms. The summed E-state index contributed by atoms with van der Waals surface area (Å²) in [6.45, 7) is 2.34. The van der Waals surface area contributed by atoms with Crippen LogP contribution in [0.25, 0.3) is 0 Å². The van der Waals surface area contributed by atoms with E-state index in [1.807, 2.05) is 30.3 Å². The molecule has 0 saturated heterocycles. The summed E-state index contributed by atoms with van der Waals surface area (Å²) in [6.07, 6.45) is 0. The van der Waals surface area contributed by atoms with E-state index in [4.69, 9.17) is 4.74 Å². The molecule has 0 aliphatic heterocycles. The molecule has 3 rings (SSSR count). The standard InChI is InChI=1S/C24H26N2O4S/c1-4-26(31(28,29)23-16-14-22(30-3)15-17-23)18-19-10-12-20(13-11-19)24(27)25(2)21-8-6-5-7-9-21/h5-17H,4,18H2,1-3H3. The number of hydrogen-bond donors (Lipinski definition) is 0. The van der Waals surface area contributed by atoms with Gasteiger partial charge in [-0.3, -0.25) is 4.79 Å². The van der Waals surface area contributed by atoms with Crippen molar-refractivity contribution in [3.05, 3.63) is 90.0 Å². The number of para-hydroxylation sites is 1. The molecule has 162 valence electrons. The van der Waals surface area contributed by atoms with Gasteiger partial charge < -0.3 is 9.64 Å². The Hall–Kier alpha value is -3.16. The van der Waals surface area contributed by atoms with Gasteiger partial charge in [-0.25, -0.2) is 8.42 Å². The number of nitrogens with zero attached hydrogens (tertiary/aromatic N) is 2. The van der Waals surface area contributed by atoms with Crippen molar-refractivity contribution in [2.24, 2.45) is 0 Å². The third kappa shape index (κ3) is 5.13. The molecule has 0 unspecified atom stereocenters. The van der Waals surface area contributed by atoms with Gasteiger partial charge in [0.25, 0.3) is 5.91 Å². The summed E-state index contributed by atoms with van der Waals surface area (Å²) in [7, 11) is -0.384. The first-order valence-corrected chi connectivity index (χ1v) is 11.4. The van der Waals surface area contributed by atoms with E-state index in [1.54, 1.807) is 55.3 Å². The van der Waals surface area contributed by atoms with Crippen LogP contribution in [0.1, 0.15) is 22.8 Å². The predicted octanol–water partition coefficient (Wildman–Crippen LogP) is 4.18. The average molecular weight is 439 g/mol. The Morgan fingerprint density at radius 1 is 0.903 bits per heavy atom. The number of rotatable bonds is 8. The SMILES string of the molecule is CCN(Cc1ccc(C(=O)N(C)c2ccccc2)cc1)S(=O)(=O)c1ccc(OC)cc1. The lowest BCUT2D eigenvalue weighted by atomic mass is 10.1. The van der Waals surface area contributed by atoms with Gasteiger partial charge in [0.15, 0.2) is 0 Å². The molecule has 3 aromatic rings. The van der Waals surface area contributed by atoms with E-state index in [0.29, 0.717) is 17.9 Å². The van der Waals surface area contributed by atoms with E-state index < -0.39 is 10.0 Å². The zero-order valence-corrected chi connectivity index (χ0v) is 18.7. The second-order valence-electron chi connectivity index (χ2n) is 7.00. The van der Waals surface area contributed by atoms with Crippen molar-refractivity contribution < 1.29 is 17.9 Å². The quantitative estimate of drug-likeness (QED) is 0.529. The van der Waals surface area contributed by atoms with Gasteiger partial charge in [-0.2, -0.15) is 4.31 Å². The molecule has 6 nitrogen and oxygen atoms in total. The third-order valence-electron chi connectivity index (χ3n) is 5.06. The van der Waals surface area contributed by atoms with Crippen molar-refractivity contribution in [2.75, 3.05) is 25.6 Å².